The van der Waals surface area contributed by atoms with Crippen molar-refractivity contribution < 1.29 is 9.72 Å². The Morgan fingerprint density at radius 1 is 1.53 bits per heavy atom. The molecule has 104 valence electrons. The molecule has 1 aliphatic rings. The summed E-state index contributed by atoms with van der Waals surface area (Å²) in [4.78, 5) is 22.4. The highest BCUT2D eigenvalue weighted by Crippen LogP contribution is 2.24. The zero-order chi connectivity index (χ0) is 14.0. The number of amides is 1. The maximum absolute atomic E-state index is 12.1. The van der Waals surface area contributed by atoms with Gasteiger partial charge < -0.3 is 5.32 Å². The van der Waals surface area contributed by atoms with E-state index in [-0.39, 0.29) is 17.4 Å². The van der Waals surface area contributed by atoms with Gasteiger partial charge in [-0.05, 0) is 18.8 Å². The lowest BCUT2D eigenvalue weighted by atomic mass is 9.86. The van der Waals surface area contributed by atoms with Crippen molar-refractivity contribution in [3.05, 3.63) is 22.0 Å². The van der Waals surface area contributed by atoms with Crippen molar-refractivity contribution in [2.24, 2.45) is 13.0 Å². The summed E-state index contributed by atoms with van der Waals surface area (Å²) in [7, 11) is 1.56. The molecule has 19 heavy (non-hydrogen) atoms. The average molecular weight is 266 g/mol. The molecule has 0 aromatic carbocycles. The molecule has 0 unspecified atom stereocenters. The fourth-order valence-corrected chi connectivity index (χ4v) is 2.54. The largest absolute Gasteiger partial charge is 0.347 e. The molecule has 0 bridgehead atoms. The second-order valence-electron chi connectivity index (χ2n) is 5.14. The monoisotopic (exact) mass is 266 g/mol. The first-order valence-corrected chi connectivity index (χ1v) is 6.48. The van der Waals surface area contributed by atoms with Crippen LogP contribution in [0.15, 0.2) is 6.20 Å². The van der Waals surface area contributed by atoms with Gasteiger partial charge in [-0.3, -0.25) is 19.6 Å². The third-order valence-electron chi connectivity index (χ3n) is 3.65. The maximum Gasteiger partial charge on any atom is 0.320 e. The zero-order valence-corrected chi connectivity index (χ0v) is 11.1. The normalized spacial score (nSPS) is 23.1. The molecule has 0 radical (unpaired) electrons. The Labute approximate surface area is 111 Å². The molecule has 0 spiro atoms. The summed E-state index contributed by atoms with van der Waals surface area (Å²) < 4.78 is 1.29. The predicted octanol–water partition coefficient (Wildman–Crippen LogP) is 1.64. The Morgan fingerprint density at radius 2 is 2.21 bits per heavy atom. The Balaban J connectivity index is 2.13. The smallest absolute Gasteiger partial charge is 0.320 e. The molecular weight excluding hydrogens is 248 g/mol. The number of aryl methyl sites for hydroxylation is 1. The molecule has 1 heterocycles. The molecule has 7 nitrogen and oxygen atoms in total. The molecule has 1 aromatic heterocycles. The van der Waals surface area contributed by atoms with E-state index in [2.05, 4.69) is 17.3 Å². The molecule has 2 rings (SSSR count). The van der Waals surface area contributed by atoms with Crippen LogP contribution in [0.25, 0.3) is 0 Å². The quantitative estimate of drug-likeness (QED) is 0.665. The van der Waals surface area contributed by atoms with Crippen molar-refractivity contribution >= 4 is 11.6 Å². The van der Waals surface area contributed by atoms with Crippen LogP contribution in [0.2, 0.25) is 0 Å². The van der Waals surface area contributed by atoms with Crippen LogP contribution in [0.4, 0.5) is 5.69 Å². The van der Waals surface area contributed by atoms with Crippen LogP contribution < -0.4 is 5.32 Å². The third kappa shape index (κ3) is 2.91. The van der Waals surface area contributed by atoms with Crippen LogP contribution in [-0.2, 0) is 7.05 Å². The number of carbonyl (C=O) groups excluding carboxylic acids is 1. The van der Waals surface area contributed by atoms with Crippen molar-refractivity contribution in [2.45, 2.75) is 38.6 Å². The van der Waals surface area contributed by atoms with Gasteiger partial charge in [0, 0.05) is 13.1 Å². The first-order valence-electron chi connectivity index (χ1n) is 6.48. The lowest BCUT2D eigenvalue weighted by Crippen LogP contribution is -2.41. The van der Waals surface area contributed by atoms with Crippen LogP contribution in [0, 0.1) is 16.0 Å². The molecule has 0 saturated heterocycles. The van der Waals surface area contributed by atoms with Crippen LogP contribution in [0.3, 0.4) is 0 Å². The third-order valence-corrected chi connectivity index (χ3v) is 3.65. The highest BCUT2D eigenvalue weighted by molar-refractivity contribution is 5.96. The van der Waals surface area contributed by atoms with E-state index in [9.17, 15) is 14.9 Å². The van der Waals surface area contributed by atoms with Gasteiger partial charge in [-0.25, -0.2) is 0 Å². The summed E-state index contributed by atoms with van der Waals surface area (Å²) in [5, 5.41) is 17.6. The summed E-state index contributed by atoms with van der Waals surface area (Å²) in [5.74, 6) is -0.0495. The van der Waals surface area contributed by atoms with Crippen molar-refractivity contribution in [3.8, 4) is 0 Å². The van der Waals surface area contributed by atoms with E-state index in [0.717, 1.165) is 19.3 Å². The van der Waals surface area contributed by atoms with Gasteiger partial charge in [0.15, 0.2) is 0 Å². The number of rotatable bonds is 3. The van der Waals surface area contributed by atoms with Crippen molar-refractivity contribution in [1.29, 1.82) is 0 Å². The van der Waals surface area contributed by atoms with E-state index in [0.29, 0.717) is 5.92 Å². The molecule has 1 saturated carbocycles. The first kappa shape index (κ1) is 13.5. The molecule has 1 amide bonds. The average Bonchev–Trinajstić information content (AvgIpc) is 2.74. The van der Waals surface area contributed by atoms with Gasteiger partial charge in [0.1, 0.15) is 6.20 Å². The number of carbonyl (C=O) groups is 1. The number of nitrogens with one attached hydrogen (secondary N) is 1. The van der Waals surface area contributed by atoms with E-state index in [1.807, 2.05) is 0 Å². The van der Waals surface area contributed by atoms with E-state index in [1.54, 1.807) is 7.05 Å². The van der Waals surface area contributed by atoms with Crippen LogP contribution in [0.5, 0.6) is 0 Å². The van der Waals surface area contributed by atoms with E-state index in [4.69, 9.17) is 0 Å². The lowest BCUT2D eigenvalue weighted by molar-refractivity contribution is -0.385. The van der Waals surface area contributed by atoms with Gasteiger partial charge in [0.25, 0.3) is 5.91 Å². The van der Waals surface area contributed by atoms with Crippen molar-refractivity contribution in [1.82, 2.24) is 15.1 Å². The van der Waals surface area contributed by atoms with Gasteiger partial charge >= 0.3 is 5.69 Å². The van der Waals surface area contributed by atoms with E-state index in [1.165, 1.54) is 17.3 Å². The van der Waals surface area contributed by atoms with Crippen LogP contribution in [0.1, 0.15) is 43.1 Å². The lowest BCUT2D eigenvalue weighted by Gasteiger charge is -2.29. The standard InChI is InChI=1S/C12H18N4O3/c1-8-5-3-4-6-9(8)13-12(17)11-10(16(18)19)7-15(2)14-11/h7-9H,3-6H2,1-2H3,(H,13,17)/t8-,9-/m1/s1. The molecule has 1 fully saturated rings. The minimum Gasteiger partial charge on any atom is -0.347 e. The second-order valence-corrected chi connectivity index (χ2v) is 5.14. The summed E-state index contributed by atoms with van der Waals surface area (Å²) in [6.07, 6.45) is 5.51. The summed E-state index contributed by atoms with van der Waals surface area (Å²) >= 11 is 0. The van der Waals surface area contributed by atoms with Crippen LogP contribution in [-0.4, -0.2) is 26.7 Å². The molecule has 1 N–H and O–H groups in total. The molecule has 0 aliphatic heterocycles. The fraction of sp³-hybridized carbons (Fsp3) is 0.667. The van der Waals surface area contributed by atoms with E-state index < -0.39 is 10.8 Å². The minimum atomic E-state index is -0.577. The first-order chi connectivity index (χ1) is 8.99. The Morgan fingerprint density at radius 3 is 2.84 bits per heavy atom. The number of hydrogen-bond donors (Lipinski definition) is 1. The van der Waals surface area contributed by atoms with Gasteiger partial charge in [0.05, 0.1) is 4.92 Å². The van der Waals surface area contributed by atoms with E-state index >= 15 is 0 Å². The summed E-state index contributed by atoms with van der Waals surface area (Å²) in [6.45, 7) is 2.09. The molecule has 1 aromatic rings. The fourth-order valence-electron chi connectivity index (χ4n) is 2.54. The Hall–Kier alpha value is -1.92. The number of aromatic nitrogens is 2. The summed E-state index contributed by atoms with van der Waals surface area (Å²) in [6, 6.07) is 0.0860. The Bertz CT molecular complexity index is 497. The minimum absolute atomic E-state index is 0.0860. The highest BCUT2D eigenvalue weighted by Gasteiger charge is 2.29. The molecule has 2 atom stereocenters. The van der Waals surface area contributed by atoms with Crippen LogP contribution >= 0.6 is 0 Å². The molecule has 7 heteroatoms. The topological polar surface area (TPSA) is 90.1 Å². The Kier molecular flexibility index (Phi) is 3.82. The maximum atomic E-state index is 12.1. The summed E-state index contributed by atoms with van der Waals surface area (Å²) in [5.41, 5.74) is -0.353. The second kappa shape index (κ2) is 5.38. The predicted molar refractivity (Wildman–Crippen MR) is 68.7 cm³/mol. The van der Waals surface area contributed by atoms with Gasteiger partial charge in [-0.15, -0.1) is 0 Å². The zero-order valence-electron chi connectivity index (χ0n) is 11.1. The van der Waals surface area contributed by atoms with Gasteiger partial charge in [0.2, 0.25) is 5.69 Å². The highest BCUT2D eigenvalue weighted by atomic mass is 16.6. The van der Waals surface area contributed by atoms with Crippen molar-refractivity contribution in [3.63, 3.8) is 0 Å². The molecule has 1 aliphatic carbocycles. The number of nitro groups is 1. The SMILES string of the molecule is C[C@@H]1CCCC[C@H]1NC(=O)c1nn(C)cc1[N+](=O)[O-]. The van der Waals surface area contributed by atoms with Crippen molar-refractivity contribution in [2.75, 3.05) is 0 Å². The van der Waals surface area contributed by atoms with Gasteiger partial charge in [-0.2, -0.15) is 5.10 Å². The number of hydrogen-bond acceptors (Lipinski definition) is 4. The van der Waals surface area contributed by atoms with Gasteiger partial charge in [-0.1, -0.05) is 19.8 Å². The molecular formula is C12H18N4O3. The number of nitrogens with zero attached hydrogens (tertiary/aromatic N) is 3.